The Balaban J connectivity index is 1.90. The summed E-state index contributed by atoms with van der Waals surface area (Å²) in [7, 11) is 0. The molecule has 22 heavy (non-hydrogen) atoms. The van der Waals surface area contributed by atoms with E-state index in [1.54, 1.807) is 18.2 Å². The van der Waals surface area contributed by atoms with E-state index < -0.39 is 18.1 Å². The smallest absolute Gasteiger partial charge is 0.318 e. The lowest BCUT2D eigenvalue weighted by Crippen LogP contribution is -2.41. The summed E-state index contributed by atoms with van der Waals surface area (Å²) in [5.41, 5.74) is 6.89. The highest BCUT2D eigenvalue weighted by atomic mass is 16.5. The van der Waals surface area contributed by atoms with Crippen LogP contribution in [0.3, 0.4) is 0 Å². The first-order chi connectivity index (χ1) is 10.5. The Morgan fingerprint density at radius 2 is 2.27 bits per heavy atom. The van der Waals surface area contributed by atoms with Crippen molar-refractivity contribution in [2.24, 2.45) is 5.73 Å². The SMILES string of the molecule is NC(=O)C1c2ccc(OCC(O)CO)cc2C2CN1C(=O)N2. The molecule has 0 spiro atoms. The molecule has 0 saturated carbocycles. The predicted molar refractivity (Wildman–Crippen MR) is 74.9 cm³/mol. The van der Waals surface area contributed by atoms with Gasteiger partial charge in [0.1, 0.15) is 24.5 Å². The largest absolute Gasteiger partial charge is 0.491 e. The molecule has 3 atom stereocenters. The van der Waals surface area contributed by atoms with Crippen LogP contribution in [0.15, 0.2) is 18.2 Å². The first kappa shape index (κ1) is 14.6. The predicted octanol–water partition coefficient (Wildman–Crippen LogP) is -0.975. The molecule has 2 aliphatic rings. The number of carbonyl (C=O) groups excluding carboxylic acids is 2. The molecule has 5 N–H and O–H groups in total. The molecular formula is C14H17N3O5. The molecule has 8 nitrogen and oxygen atoms in total. The van der Waals surface area contributed by atoms with E-state index in [4.69, 9.17) is 15.6 Å². The van der Waals surface area contributed by atoms with Crippen molar-refractivity contribution in [1.29, 1.82) is 0 Å². The Kier molecular flexibility index (Phi) is 3.63. The average Bonchev–Trinajstić information content (AvgIpc) is 2.82. The van der Waals surface area contributed by atoms with E-state index in [-0.39, 0.29) is 25.3 Å². The summed E-state index contributed by atoms with van der Waals surface area (Å²) < 4.78 is 5.40. The molecule has 8 heteroatoms. The fourth-order valence-electron chi connectivity index (χ4n) is 2.87. The van der Waals surface area contributed by atoms with Crippen molar-refractivity contribution in [1.82, 2.24) is 10.2 Å². The van der Waals surface area contributed by atoms with Crippen LogP contribution in [-0.2, 0) is 4.79 Å². The molecule has 118 valence electrons. The number of nitrogens with zero attached hydrogens (tertiary/aromatic N) is 1. The van der Waals surface area contributed by atoms with Gasteiger partial charge in [0.15, 0.2) is 0 Å². The lowest BCUT2D eigenvalue weighted by atomic mass is 9.90. The molecule has 3 rings (SSSR count). The number of hydrogen-bond donors (Lipinski definition) is 4. The van der Waals surface area contributed by atoms with Crippen LogP contribution in [0.25, 0.3) is 0 Å². The van der Waals surface area contributed by atoms with Gasteiger partial charge in [0.05, 0.1) is 12.6 Å². The van der Waals surface area contributed by atoms with E-state index in [1.807, 2.05) is 0 Å². The summed E-state index contributed by atoms with van der Waals surface area (Å²) in [6.07, 6.45) is -0.962. The summed E-state index contributed by atoms with van der Waals surface area (Å²) in [5.74, 6) is -0.0924. The van der Waals surface area contributed by atoms with Gasteiger partial charge in [0.25, 0.3) is 0 Å². The first-order valence-corrected chi connectivity index (χ1v) is 6.93. The van der Waals surface area contributed by atoms with Crippen molar-refractivity contribution in [2.75, 3.05) is 19.8 Å². The van der Waals surface area contributed by atoms with Gasteiger partial charge in [-0.05, 0) is 23.3 Å². The van der Waals surface area contributed by atoms with Gasteiger partial charge in [0, 0.05) is 6.54 Å². The summed E-state index contributed by atoms with van der Waals surface area (Å²) in [6.45, 7) is -0.0534. The zero-order valence-corrected chi connectivity index (χ0v) is 11.7. The average molecular weight is 307 g/mol. The third-order valence-electron chi connectivity index (χ3n) is 3.90. The number of aliphatic hydroxyl groups is 2. The maximum atomic E-state index is 11.9. The lowest BCUT2D eigenvalue weighted by molar-refractivity contribution is -0.122. The number of benzene rings is 1. The van der Waals surface area contributed by atoms with E-state index in [0.29, 0.717) is 17.9 Å². The minimum Gasteiger partial charge on any atom is -0.491 e. The van der Waals surface area contributed by atoms with Gasteiger partial charge in [0.2, 0.25) is 5.91 Å². The van der Waals surface area contributed by atoms with Gasteiger partial charge < -0.3 is 30.9 Å². The number of fused-ring (bicyclic) bond motifs is 4. The molecule has 3 amide bonds. The van der Waals surface area contributed by atoms with E-state index in [0.717, 1.165) is 5.56 Å². The van der Waals surface area contributed by atoms with Crippen LogP contribution in [0.2, 0.25) is 0 Å². The summed E-state index contributed by atoms with van der Waals surface area (Å²) in [4.78, 5) is 25.0. The maximum absolute atomic E-state index is 11.9. The first-order valence-electron chi connectivity index (χ1n) is 6.93. The van der Waals surface area contributed by atoms with Gasteiger partial charge in [-0.1, -0.05) is 6.07 Å². The standard InChI is InChI=1S/C14H17N3O5/c15-13(20)12-9-2-1-8(22-6-7(19)5-18)3-10(9)11-4-17(12)14(21)16-11/h1-3,7,11-12,18-19H,4-6H2,(H2,15,20)(H,16,21). The van der Waals surface area contributed by atoms with Crippen LogP contribution in [0.1, 0.15) is 23.2 Å². The van der Waals surface area contributed by atoms with Crippen molar-refractivity contribution in [3.8, 4) is 5.75 Å². The summed E-state index contributed by atoms with van der Waals surface area (Å²) in [6, 6.07) is 3.75. The molecule has 2 aliphatic heterocycles. The molecule has 1 saturated heterocycles. The highest BCUT2D eigenvalue weighted by Crippen LogP contribution is 2.40. The van der Waals surface area contributed by atoms with Crippen LogP contribution >= 0.6 is 0 Å². The second-order valence-corrected chi connectivity index (χ2v) is 5.40. The molecule has 0 radical (unpaired) electrons. The van der Waals surface area contributed by atoms with Gasteiger partial charge in [-0.25, -0.2) is 4.79 Å². The Morgan fingerprint density at radius 1 is 1.50 bits per heavy atom. The topological polar surface area (TPSA) is 125 Å². The molecule has 1 aromatic rings. The van der Waals surface area contributed by atoms with Crippen LogP contribution in [0.4, 0.5) is 4.79 Å². The van der Waals surface area contributed by atoms with Crippen molar-refractivity contribution in [2.45, 2.75) is 18.2 Å². The van der Waals surface area contributed by atoms with Gasteiger partial charge >= 0.3 is 6.03 Å². The number of nitrogens with one attached hydrogen (secondary N) is 1. The van der Waals surface area contributed by atoms with Crippen LogP contribution in [0.5, 0.6) is 5.75 Å². The zero-order valence-electron chi connectivity index (χ0n) is 11.7. The molecule has 1 aromatic carbocycles. The van der Waals surface area contributed by atoms with E-state index >= 15 is 0 Å². The van der Waals surface area contributed by atoms with Crippen LogP contribution in [0, 0.1) is 0 Å². The molecule has 1 fully saturated rings. The number of urea groups is 1. The quantitative estimate of drug-likeness (QED) is 0.557. The highest BCUT2D eigenvalue weighted by Gasteiger charge is 2.44. The number of nitrogens with two attached hydrogens (primary N) is 1. The number of carbonyl (C=O) groups is 2. The lowest BCUT2D eigenvalue weighted by Gasteiger charge is -2.31. The number of aliphatic hydroxyl groups excluding tert-OH is 2. The normalized spacial score (nSPS) is 23.7. The van der Waals surface area contributed by atoms with Gasteiger partial charge in [-0.3, -0.25) is 4.79 Å². The molecule has 0 aliphatic carbocycles. The fraction of sp³-hybridized carbons (Fsp3) is 0.429. The van der Waals surface area contributed by atoms with Crippen LogP contribution in [-0.4, -0.2) is 52.9 Å². The highest BCUT2D eigenvalue weighted by molar-refractivity contribution is 5.90. The Labute approximate surface area is 126 Å². The number of rotatable bonds is 5. The van der Waals surface area contributed by atoms with E-state index in [9.17, 15) is 14.7 Å². The summed E-state index contributed by atoms with van der Waals surface area (Å²) in [5, 5.41) is 20.9. The number of amides is 3. The second-order valence-electron chi connectivity index (χ2n) is 5.40. The van der Waals surface area contributed by atoms with Crippen LogP contribution < -0.4 is 15.8 Å². The van der Waals surface area contributed by atoms with Crippen molar-refractivity contribution < 1.29 is 24.5 Å². The van der Waals surface area contributed by atoms with Crippen molar-refractivity contribution in [3.63, 3.8) is 0 Å². The zero-order chi connectivity index (χ0) is 15.9. The number of primary amides is 1. The van der Waals surface area contributed by atoms with Gasteiger partial charge in [-0.15, -0.1) is 0 Å². The summed E-state index contributed by atoms with van der Waals surface area (Å²) >= 11 is 0. The molecular weight excluding hydrogens is 290 g/mol. The van der Waals surface area contributed by atoms with E-state index in [2.05, 4.69) is 5.32 Å². The number of hydrogen-bond acceptors (Lipinski definition) is 5. The Hall–Kier alpha value is -2.32. The van der Waals surface area contributed by atoms with E-state index in [1.165, 1.54) is 4.90 Å². The maximum Gasteiger partial charge on any atom is 0.318 e. The molecule has 2 bridgehead atoms. The molecule has 3 unspecified atom stereocenters. The minimum atomic E-state index is -0.962. The second kappa shape index (κ2) is 5.47. The molecule has 0 aromatic heterocycles. The fourth-order valence-corrected chi connectivity index (χ4v) is 2.87. The minimum absolute atomic E-state index is 0.0440. The third-order valence-corrected chi connectivity index (χ3v) is 3.90. The third kappa shape index (κ3) is 2.36. The van der Waals surface area contributed by atoms with Crippen molar-refractivity contribution in [3.05, 3.63) is 29.3 Å². The van der Waals surface area contributed by atoms with Gasteiger partial charge in [-0.2, -0.15) is 0 Å². The monoisotopic (exact) mass is 307 g/mol. The Bertz CT molecular complexity index is 620. The number of ether oxygens (including phenoxy) is 1. The van der Waals surface area contributed by atoms with Crippen molar-refractivity contribution >= 4 is 11.9 Å². The molecule has 2 heterocycles. The Morgan fingerprint density at radius 3 is 2.95 bits per heavy atom.